The van der Waals surface area contributed by atoms with E-state index >= 15 is 0 Å². The predicted molar refractivity (Wildman–Crippen MR) is 86.5 cm³/mol. The second-order valence-electron chi connectivity index (χ2n) is 5.81. The summed E-state index contributed by atoms with van der Waals surface area (Å²) in [5.74, 6) is -0.353. The summed E-state index contributed by atoms with van der Waals surface area (Å²) in [6.45, 7) is 4.04. The number of carbonyl (C=O) groups excluding carboxylic acids is 1. The van der Waals surface area contributed by atoms with Gasteiger partial charge in [-0.2, -0.15) is 17.0 Å². The summed E-state index contributed by atoms with van der Waals surface area (Å²) >= 11 is 0. The van der Waals surface area contributed by atoms with Crippen LogP contribution >= 0.6 is 0 Å². The number of amides is 1. The number of carbonyl (C=O) groups is 1. The minimum absolute atomic E-state index is 0.0796. The molecule has 1 N–H and O–H groups in total. The highest BCUT2D eigenvalue weighted by molar-refractivity contribution is 7.86. The van der Waals surface area contributed by atoms with E-state index in [0.717, 1.165) is 9.87 Å². The summed E-state index contributed by atoms with van der Waals surface area (Å²) < 4.78 is 27.9. The van der Waals surface area contributed by atoms with Gasteiger partial charge in [0.05, 0.1) is 0 Å². The quantitative estimate of drug-likeness (QED) is 0.915. The normalized spacial score (nSPS) is 21.1. The van der Waals surface area contributed by atoms with Crippen LogP contribution in [0.3, 0.4) is 0 Å². The van der Waals surface area contributed by atoms with Crippen LogP contribution < -0.4 is 5.32 Å². The fourth-order valence-corrected chi connectivity index (χ4v) is 3.90. The predicted octanol–water partition coefficient (Wildman–Crippen LogP) is 1.66. The van der Waals surface area contributed by atoms with Gasteiger partial charge in [-0.15, -0.1) is 0 Å². The van der Waals surface area contributed by atoms with E-state index in [0.29, 0.717) is 12.1 Å². The van der Waals surface area contributed by atoms with Crippen molar-refractivity contribution in [1.29, 1.82) is 0 Å². The van der Waals surface area contributed by atoms with Crippen LogP contribution in [-0.4, -0.2) is 43.1 Å². The van der Waals surface area contributed by atoms with Crippen molar-refractivity contribution in [3.8, 4) is 0 Å². The van der Waals surface area contributed by atoms with Crippen molar-refractivity contribution in [2.45, 2.75) is 32.9 Å². The number of nitrogens with zero attached hydrogens (tertiary/aromatic N) is 2. The Morgan fingerprint density at radius 2 is 2.00 bits per heavy atom. The van der Waals surface area contributed by atoms with E-state index in [4.69, 9.17) is 0 Å². The standard InChI is InChI=1S/C15H23N3O3S/c1-5-11(2)14-15(19)16-13-9-7-6-8-12(13)10-18(14)22(20,21)17(3)4/h6-9,11,14H,5,10H2,1-4H3,(H,16,19). The highest BCUT2D eigenvalue weighted by atomic mass is 32.2. The zero-order valence-corrected chi connectivity index (χ0v) is 14.2. The summed E-state index contributed by atoms with van der Waals surface area (Å²) in [7, 11) is -0.730. The molecule has 1 aliphatic heterocycles. The molecular formula is C15H23N3O3S. The van der Waals surface area contributed by atoms with Gasteiger partial charge < -0.3 is 5.32 Å². The number of fused-ring (bicyclic) bond motifs is 1. The van der Waals surface area contributed by atoms with Gasteiger partial charge in [-0.05, 0) is 17.5 Å². The number of hydrogen-bond acceptors (Lipinski definition) is 3. The summed E-state index contributed by atoms with van der Waals surface area (Å²) in [5, 5.41) is 2.87. The van der Waals surface area contributed by atoms with Gasteiger partial charge in [-0.3, -0.25) is 4.79 Å². The molecule has 2 atom stereocenters. The Labute approximate surface area is 132 Å². The van der Waals surface area contributed by atoms with Crippen molar-refractivity contribution in [1.82, 2.24) is 8.61 Å². The third kappa shape index (κ3) is 3.02. The summed E-state index contributed by atoms with van der Waals surface area (Å²) in [6.07, 6.45) is 0.716. The van der Waals surface area contributed by atoms with Crippen LogP contribution in [0.2, 0.25) is 0 Å². The Morgan fingerprint density at radius 1 is 1.36 bits per heavy atom. The smallest absolute Gasteiger partial charge is 0.282 e. The van der Waals surface area contributed by atoms with Crippen LogP contribution in [0.5, 0.6) is 0 Å². The fraction of sp³-hybridized carbons (Fsp3) is 0.533. The first-order valence-electron chi connectivity index (χ1n) is 7.37. The van der Waals surface area contributed by atoms with E-state index < -0.39 is 16.3 Å². The number of nitrogens with one attached hydrogen (secondary N) is 1. The maximum atomic E-state index is 12.7. The third-order valence-corrected chi connectivity index (χ3v) is 5.99. The SMILES string of the molecule is CCC(C)C1C(=O)Nc2ccccc2CN1S(=O)(=O)N(C)C. The molecule has 2 rings (SSSR count). The van der Waals surface area contributed by atoms with Crippen LogP contribution in [-0.2, 0) is 21.5 Å². The Balaban J connectivity index is 2.56. The van der Waals surface area contributed by atoms with Gasteiger partial charge in [0.25, 0.3) is 10.2 Å². The molecular weight excluding hydrogens is 302 g/mol. The van der Waals surface area contributed by atoms with Crippen LogP contribution in [0.25, 0.3) is 0 Å². The average molecular weight is 325 g/mol. The van der Waals surface area contributed by atoms with E-state index in [1.807, 2.05) is 32.0 Å². The molecule has 22 heavy (non-hydrogen) atoms. The van der Waals surface area contributed by atoms with Gasteiger partial charge in [-0.25, -0.2) is 0 Å². The van der Waals surface area contributed by atoms with Crippen LogP contribution in [0.1, 0.15) is 25.8 Å². The molecule has 0 radical (unpaired) electrons. The van der Waals surface area contributed by atoms with Crippen molar-refractivity contribution >= 4 is 21.8 Å². The summed E-state index contributed by atoms with van der Waals surface area (Å²) in [4.78, 5) is 12.6. The topological polar surface area (TPSA) is 69.7 Å². The largest absolute Gasteiger partial charge is 0.324 e. The maximum Gasteiger partial charge on any atom is 0.282 e. The molecule has 1 amide bonds. The number of para-hydroxylation sites is 1. The van der Waals surface area contributed by atoms with Gasteiger partial charge in [0.1, 0.15) is 6.04 Å². The molecule has 0 aromatic heterocycles. The van der Waals surface area contributed by atoms with E-state index in [1.165, 1.54) is 18.4 Å². The van der Waals surface area contributed by atoms with Gasteiger partial charge in [0, 0.05) is 26.3 Å². The van der Waals surface area contributed by atoms with Crippen molar-refractivity contribution in [2.24, 2.45) is 5.92 Å². The minimum Gasteiger partial charge on any atom is -0.324 e. The number of anilines is 1. The lowest BCUT2D eigenvalue weighted by Gasteiger charge is -2.33. The zero-order chi connectivity index (χ0) is 16.5. The van der Waals surface area contributed by atoms with E-state index in [-0.39, 0.29) is 18.4 Å². The lowest BCUT2D eigenvalue weighted by Crippen LogP contribution is -2.52. The van der Waals surface area contributed by atoms with E-state index in [1.54, 1.807) is 6.07 Å². The molecule has 0 saturated heterocycles. The van der Waals surface area contributed by atoms with Crippen LogP contribution in [0.4, 0.5) is 5.69 Å². The van der Waals surface area contributed by atoms with Crippen molar-refractivity contribution in [2.75, 3.05) is 19.4 Å². The first kappa shape index (κ1) is 16.9. The van der Waals surface area contributed by atoms with Crippen molar-refractivity contribution < 1.29 is 13.2 Å². The van der Waals surface area contributed by atoms with Crippen molar-refractivity contribution in [3.63, 3.8) is 0 Å². The summed E-state index contributed by atoms with van der Waals surface area (Å²) in [6, 6.07) is 6.59. The number of hydrogen-bond donors (Lipinski definition) is 1. The second kappa shape index (κ2) is 6.36. The Kier molecular flexibility index (Phi) is 4.89. The van der Waals surface area contributed by atoms with Gasteiger partial charge >= 0.3 is 0 Å². The average Bonchev–Trinajstić information content (AvgIpc) is 2.62. The highest BCUT2D eigenvalue weighted by Gasteiger charge is 2.41. The molecule has 0 bridgehead atoms. The van der Waals surface area contributed by atoms with Gasteiger partial charge in [0.15, 0.2) is 0 Å². The lowest BCUT2D eigenvalue weighted by molar-refractivity contribution is -0.121. The Bertz CT molecular complexity index is 658. The molecule has 1 aromatic rings. The first-order chi connectivity index (χ1) is 10.3. The number of benzene rings is 1. The molecule has 7 heteroatoms. The maximum absolute atomic E-state index is 12.7. The lowest BCUT2D eigenvalue weighted by atomic mass is 9.98. The van der Waals surface area contributed by atoms with E-state index in [2.05, 4.69) is 5.32 Å². The zero-order valence-electron chi connectivity index (χ0n) is 13.4. The van der Waals surface area contributed by atoms with Gasteiger partial charge in [0.2, 0.25) is 5.91 Å². The Hall–Kier alpha value is -1.44. The summed E-state index contributed by atoms with van der Waals surface area (Å²) in [5.41, 5.74) is 1.48. The highest BCUT2D eigenvalue weighted by Crippen LogP contribution is 2.29. The third-order valence-electron chi connectivity index (χ3n) is 4.12. The molecule has 0 aliphatic carbocycles. The first-order valence-corrected chi connectivity index (χ1v) is 8.76. The molecule has 0 fully saturated rings. The molecule has 1 aromatic carbocycles. The molecule has 1 heterocycles. The Morgan fingerprint density at radius 3 is 2.59 bits per heavy atom. The fourth-order valence-electron chi connectivity index (χ4n) is 2.58. The van der Waals surface area contributed by atoms with E-state index in [9.17, 15) is 13.2 Å². The molecule has 2 unspecified atom stereocenters. The number of rotatable bonds is 4. The molecule has 1 aliphatic rings. The van der Waals surface area contributed by atoms with Crippen LogP contribution in [0.15, 0.2) is 24.3 Å². The molecule has 122 valence electrons. The van der Waals surface area contributed by atoms with Crippen molar-refractivity contribution in [3.05, 3.63) is 29.8 Å². The molecule has 0 saturated carbocycles. The molecule has 0 spiro atoms. The van der Waals surface area contributed by atoms with Gasteiger partial charge in [-0.1, -0.05) is 38.5 Å². The molecule has 6 nitrogen and oxygen atoms in total. The second-order valence-corrected chi connectivity index (χ2v) is 7.91. The van der Waals surface area contributed by atoms with Crippen LogP contribution in [0, 0.1) is 5.92 Å². The minimum atomic E-state index is -3.70. The monoisotopic (exact) mass is 325 g/mol.